The first kappa shape index (κ1) is 21.2. The lowest BCUT2D eigenvalue weighted by Gasteiger charge is -2.14. The lowest BCUT2D eigenvalue weighted by Crippen LogP contribution is -2.23. The number of carbonyl (C=O) groups is 1. The smallest absolute Gasteiger partial charge is 0.266 e. The molecule has 31 heavy (non-hydrogen) atoms. The van der Waals surface area contributed by atoms with E-state index in [9.17, 15) is 9.59 Å². The van der Waals surface area contributed by atoms with Crippen LogP contribution < -0.4 is 10.9 Å². The van der Waals surface area contributed by atoms with Gasteiger partial charge in [0.2, 0.25) is 5.91 Å². The van der Waals surface area contributed by atoms with Crippen molar-refractivity contribution in [2.75, 3.05) is 11.1 Å². The molecule has 5 nitrogen and oxygen atoms in total. The molecule has 0 spiro atoms. The number of rotatable bonds is 5. The number of anilines is 1. The van der Waals surface area contributed by atoms with Crippen LogP contribution >= 0.6 is 23.4 Å². The number of thioether (sulfide) groups is 1. The van der Waals surface area contributed by atoms with E-state index in [4.69, 9.17) is 11.6 Å². The summed E-state index contributed by atoms with van der Waals surface area (Å²) < 4.78 is 1.55. The molecule has 4 rings (SSSR count). The second kappa shape index (κ2) is 8.96. The standard InChI is InChI=1S/C24H20ClN3O2S/c1-15-6-5-8-18(12-15)28-23(30)19-11-10-17(25)13-21(19)27-24(28)31-14-22(29)26-20-9-4-3-7-16(20)2/h3-13H,14H2,1-2H3,(H,26,29). The van der Waals surface area contributed by atoms with Gasteiger partial charge < -0.3 is 5.32 Å². The van der Waals surface area contributed by atoms with Crippen molar-refractivity contribution < 1.29 is 4.79 Å². The molecule has 4 aromatic rings. The molecule has 1 N–H and O–H groups in total. The van der Waals surface area contributed by atoms with Gasteiger partial charge in [0.05, 0.1) is 22.3 Å². The molecule has 0 saturated carbocycles. The topological polar surface area (TPSA) is 64.0 Å². The zero-order valence-electron chi connectivity index (χ0n) is 17.1. The molecule has 0 atom stereocenters. The van der Waals surface area contributed by atoms with Crippen LogP contribution in [0.1, 0.15) is 11.1 Å². The number of aryl methyl sites for hydroxylation is 2. The minimum Gasteiger partial charge on any atom is -0.325 e. The molecule has 3 aromatic carbocycles. The van der Waals surface area contributed by atoms with Gasteiger partial charge in [0.25, 0.3) is 5.56 Å². The number of fused-ring (bicyclic) bond motifs is 1. The minimum atomic E-state index is -0.200. The molecule has 156 valence electrons. The second-order valence-corrected chi connectivity index (χ2v) is 8.57. The van der Waals surface area contributed by atoms with Crippen molar-refractivity contribution in [2.45, 2.75) is 19.0 Å². The minimum absolute atomic E-state index is 0.110. The van der Waals surface area contributed by atoms with E-state index in [1.165, 1.54) is 11.8 Å². The number of amides is 1. The van der Waals surface area contributed by atoms with E-state index in [0.29, 0.717) is 26.8 Å². The molecule has 0 radical (unpaired) electrons. The van der Waals surface area contributed by atoms with Crippen molar-refractivity contribution >= 4 is 45.9 Å². The Morgan fingerprint density at radius 3 is 2.65 bits per heavy atom. The molecule has 0 unspecified atom stereocenters. The fourth-order valence-electron chi connectivity index (χ4n) is 3.26. The van der Waals surface area contributed by atoms with Crippen LogP contribution in [0.5, 0.6) is 0 Å². The molecule has 1 aromatic heterocycles. The quantitative estimate of drug-likeness (QED) is 0.328. The van der Waals surface area contributed by atoms with Crippen molar-refractivity contribution in [3.63, 3.8) is 0 Å². The molecule has 0 bridgehead atoms. The Kier molecular flexibility index (Phi) is 6.11. The van der Waals surface area contributed by atoms with E-state index in [2.05, 4.69) is 10.3 Å². The second-order valence-electron chi connectivity index (χ2n) is 7.19. The third-order valence-corrected chi connectivity index (χ3v) is 5.99. The summed E-state index contributed by atoms with van der Waals surface area (Å²) in [6.07, 6.45) is 0. The lowest BCUT2D eigenvalue weighted by atomic mass is 10.2. The van der Waals surface area contributed by atoms with Gasteiger partial charge in [-0.3, -0.25) is 14.2 Å². The molecular weight excluding hydrogens is 430 g/mol. The van der Waals surface area contributed by atoms with Crippen LogP contribution in [0.3, 0.4) is 0 Å². The highest BCUT2D eigenvalue weighted by atomic mass is 35.5. The predicted octanol–water partition coefficient (Wildman–Crippen LogP) is 5.39. The molecule has 0 fully saturated rings. The monoisotopic (exact) mass is 449 g/mol. The first-order valence-electron chi connectivity index (χ1n) is 9.70. The molecule has 0 aliphatic carbocycles. The first-order chi connectivity index (χ1) is 14.9. The normalized spacial score (nSPS) is 10.9. The summed E-state index contributed by atoms with van der Waals surface area (Å²) in [7, 11) is 0. The van der Waals surface area contributed by atoms with Crippen molar-refractivity contribution in [1.82, 2.24) is 9.55 Å². The van der Waals surface area contributed by atoms with Gasteiger partial charge in [0.1, 0.15) is 0 Å². The molecule has 0 saturated heterocycles. The summed E-state index contributed by atoms with van der Waals surface area (Å²) in [6.45, 7) is 3.90. The van der Waals surface area contributed by atoms with Crippen molar-refractivity contribution in [3.05, 3.63) is 93.2 Å². The Morgan fingerprint density at radius 1 is 1.06 bits per heavy atom. The zero-order chi connectivity index (χ0) is 22.0. The number of carbonyl (C=O) groups excluding carboxylic acids is 1. The Bertz CT molecular complexity index is 1350. The number of nitrogens with zero attached hydrogens (tertiary/aromatic N) is 2. The first-order valence-corrected chi connectivity index (χ1v) is 11.1. The van der Waals surface area contributed by atoms with Crippen molar-refractivity contribution in [1.29, 1.82) is 0 Å². The summed E-state index contributed by atoms with van der Waals surface area (Å²) >= 11 is 7.33. The number of nitrogens with one attached hydrogen (secondary N) is 1. The maximum atomic E-state index is 13.3. The summed E-state index contributed by atoms with van der Waals surface area (Å²) in [4.78, 5) is 30.6. The van der Waals surface area contributed by atoms with Crippen LogP contribution in [0.4, 0.5) is 5.69 Å². The highest BCUT2D eigenvalue weighted by Crippen LogP contribution is 2.24. The van der Waals surface area contributed by atoms with Gasteiger partial charge in [0.15, 0.2) is 5.16 Å². The van der Waals surface area contributed by atoms with Gasteiger partial charge in [-0.2, -0.15) is 0 Å². The Morgan fingerprint density at radius 2 is 1.87 bits per heavy atom. The van der Waals surface area contributed by atoms with Gasteiger partial charge in [-0.25, -0.2) is 4.98 Å². The Hall–Kier alpha value is -3.09. The number of hydrogen-bond donors (Lipinski definition) is 1. The lowest BCUT2D eigenvalue weighted by molar-refractivity contribution is -0.113. The van der Waals surface area contributed by atoms with Gasteiger partial charge in [0, 0.05) is 10.7 Å². The third-order valence-electron chi connectivity index (χ3n) is 4.81. The van der Waals surface area contributed by atoms with E-state index in [1.807, 2.05) is 62.4 Å². The van der Waals surface area contributed by atoms with E-state index in [-0.39, 0.29) is 17.2 Å². The Balaban J connectivity index is 1.71. The average molecular weight is 450 g/mol. The number of hydrogen-bond acceptors (Lipinski definition) is 4. The highest BCUT2D eigenvalue weighted by molar-refractivity contribution is 7.99. The van der Waals surface area contributed by atoms with Crippen molar-refractivity contribution in [3.8, 4) is 5.69 Å². The van der Waals surface area contributed by atoms with Crippen LogP contribution in [0.2, 0.25) is 5.02 Å². The summed E-state index contributed by atoms with van der Waals surface area (Å²) in [5, 5.41) is 4.32. The number of para-hydroxylation sites is 1. The van der Waals surface area contributed by atoms with Gasteiger partial charge in [-0.1, -0.05) is 53.7 Å². The maximum absolute atomic E-state index is 13.3. The van der Waals surface area contributed by atoms with E-state index >= 15 is 0 Å². The molecule has 0 aliphatic rings. The average Bonchev–Trinajstić information content (AvgIpc) is 2.73. The third kappa shape index (κ3) is 4.65. The fourth-order valence-corrected chi connectivity index (χ4v) is 4.24. The van der Waals surface area contributed by atoms with Crippen LogP contribution in [0.25, 0.3) is 16.6 Å². The summed E-state index contributed by atoms with van der Waals surface area (Å²) in [6, 6.07) is 20.2. The predicted molar refractivity (Wildman–Crippen MR) is 128 cm³/mol. The molecule has 0 aliphatic heterocycles. The number of aromatic nitrogens is 2. The molecule has 1 amide bonds. The van der Waals surface area contributed by atoms with Gasteiger partial charge in [-0.15, -0.1) is 0 Å². The van der Waals surface area contributed by atoms with Crippen LogP contribution in [-0.2, 0) is 4.79 Å². The van der Waals surface area contributed by atoms with Gasteiger partial charge in [-0.05, 0) is 61.4 Å². The van der Waals surface area contributed by atoms with Crippen molar-refractivity contribution in [2.24, 2.45) is 0 Å². The van der Waals surface area contributed by atoms with E-state index < -0.39 is 0 Å². The SMILES string of the molecule is Cc1cccc(-n2c(SCC(=O)Nc3ccccc3C)nc3cc(Cl)ccc3c2=O)c1. The summed E-state index contributed by atoms with van der Waals surface area (Å²) in [5.74, 6) is -0.0610. The van der Waals surface area contributed by atoms with E-state index in [1.54, 1.807) is 22.8 Å². The molecule has 1 heterocycles. The largest absolute Gasteiger partial charge is 0.325 e. The van der Waals surface area contributed by atoms with Crippen LogP contribution in [0, 0.1) is 13.8 Å². The fraction of sp³-hybridized carbons (Fsp3) is 0.125. The highest BCUT2D eigenvalue weighted by Gasteiger charge is 2.16. The zero-order valence-corrected chi connectivity index (χ0v) is 18.6. The summed E-state index contributed by atoms with van der Waals surface area (Å²) in [5.41, 5.74) is 3.78. The molecule has 7 heteroatoms. The van der Waals surface area contributed by atoms with E-state index in [0.717, 1.165) is 16.8 Å². The van der Waals surface area contributed by atoms with Crippen LogP contribution in [-0.4, -0.2) is 21.2 Å². The van der Waals surface area contributed by atoms with Gasteiger partial charge >= 0.3 is 0 Å². The van der Waals surface area contributed by atoms with Crippen LogP contribution in [0.15, 0.2) is 76.7 Å². The number of benzene rings is 3. The number of halogens is 1. The molecular formula is C24H20ClN3O2S. The Labute approximate surface area is 189 Å². The maximum Gasteiger partial charge on any atom is 0.266 e.